The summed E-state index contributed by atoms with van der Waals surface area (Å²) in [5.74, 6) is 2.20. The second-order valence-corrected chi connectivity index (χ2v) is 11.3. The molecule has 0 aliphatic heterocycles. The van der Waals surface area contributed by atoms with Crippen LogP contribution in [-0.4, -0.2) is 34.7 Å². The normalized spacial score (nSPS) is 19.6. The number of benzene rings is 1. The molecule has 5 rings (SSSR count). The molecule has 3 unspecified atom stereocenters. The number of aryl methyl sites for hydroxylation is 1. The summed E-state index contributed by atoms with van der Waals surface area (Å²) >= 11 is 0. The Labute approximate surface area is 230 Å². The van der Waals surface area contributed by atoms with Gasteiger partial charge in [0.2, 0.25) is 5.82 Å². The molecule has 0 amide bonds. The minimum absolute atomic E-state index is 0.116. The van der Waals surface area contributed by atoms with Gasteiger partial charge < -0.3 is 0 Å². The molecule has 1 aliphatic rings. The summed E-state index contributed by atoms with van der Waals surface area (Å²) in [7, 11) is 0. The number of aromatic nitrogens is 7. The van der Waals surface area contributed by atoms with Crippen molar-refractivity contribution in [3.05, 3.63) is 70.7 Å². The first-order valence-electron chi connectivity index (χ1n) is 14.6. The number of tetrazole rings is 1. The molecule has 1 N–H and O–H groups in total. The van der Waals surface area contributed by atoms with Crippen molar-refractivity contribution in [3.8, 4) is 22.5 Å². The highest BCUT2D eigenvalue weighted by atomic mass is 16.1. The molecule has 0 radical (unpaired) electrons. The molecule has 1 saturated carbocycles. The maximum absolute atomic E-state index is 14.0. The van der Waals surface area contributed by atoms with Crippen LogP contribution in [0.5, 0.6) is 0 Å². The Morgan fingerprint density at radius 3 is 2.56 bits per heavy atom. The lowest BCUT2D eigenvalue weighted by atomic mass is 9.71. The van der Waals surface area contributed by atoms with Gasteiger partial charge in [0, 0.05) is 35.3 Å². The summed E-state index contributed by atoms with van der Waals surface area (Å²) in [6, 6.07) is 12.3. The summed E-state index contributed by atoms with van der Waals surface area (Å²) in [5.41, 5.74) is 4.98. The highest BCUT2D eigenvalue weighted by Gasteiger charge is 2.36. The Kier molecular flexibility index (Phi) is 8.38. The Bertz CT molecular complexity index is 1400. The Morgan fingerprint density at radius 2 is 1.90 bits per heavy atom. The molecule has 8 heteroatoms. The highest BCUT2D eigenvalue weighted by Crippen LogP contribution is 2.43. The van der Waals surface area contributed by atoms with Gasteiger partial charge in [-0.3, -0.25) is 14.1 Å². The van der Waals surface area contributed by atoms with Gasteiger partial charge in [0.1, 0.15) is 0 Å². The molecule has 3 heterocycles. The minimum atomic E-state index is 0.116. The lowest BCUT2D eigenvalue weighted by molar-refractivity contribution is 0.113. The van der Waals surface area contributed by atoms with E-state index in [0.717, 1.165) is 53.8 Å². The van der Waals surface area contributed by atoms with Gasteiger partial charge in [-0.1, -0.05) is 77.3 Å². The van der Waals surface area contributed by atoms with E-state index in [0.29, 0.717) is 30.1 Å². The number of pyridine rings is 1. The van der Waals surface area contributed by atoms with Crippen LogP contribution < -0.4 is 5.69 Å². The lowest BCUT2D eigenvalue weighted by Gasteiger charge is -2.40. The topological polar surface area (TPSA) is 94.3 Å². The fourth-order valence-corrected chi connectivity index (χ4v) is 6.45. The third-order valence-electron chi connectivity index (χ3n) is 8.58. The van der Waals surface area contributed by atoms with Gasteiger partial charge in [-0.2, -0.15) is 5.21 Å². The van der Waals surface area contributed by atoms with E-state index >= 15 is 0 Å². The van der Waals surface area contributed by atoms with Gasteiger partial charge in [0.05, 0.1) is 12.2 Å². The first-order valence-corrected chi connectivity index (χ1v) is 14.6. The molecule has 206 valence electrons. The average Bonchev–Trinajstić information content (AvgIpc) is 3.61. The number of hydrogen-bond donors (Lipinski definition) is 1. The minimum Gasteiger partial charge on any atom is -0.295 e. The van der Waals surface area contributed by atoms with E-state index in [1.165, 1.54) is 19.3 Å². The number of nitrogens with zero attached hydrogens (tertiary/aromatic N) is 6. The quantitative estimate of drug-likeness (QED) is 0.261. The largest absolute Gasteiger partial charge is 0.328 e. The van der Waals surface area contributed by atoms with E-state index in [1.807, 2.05) is 41.1 Å². The van der Waals surface area contributed by atoms with Crippen LogP contribution in [0.15, 0.2) is 53.6 Å². The van der Waals surface area contributed by atoms with E-state index in [-0.39, 0.29) is 11.7 Å². The predicted molar refractivity (Wildman–Crippen MR) is 154 cm³/mol. The zero-order valence-corrected chi connectivity index (χ0v) is 23.7. The number of H-pyrrole nitrogens is 1. The molecule has 39 heavy (non-hydrogen) atoms. The molecule has 0 spiro atoms. The molecular weight excluding hydrogens is 486 g/mol. The van der Waals surface area contributed by atoms with Gasteiger partial charge in [-0.05, 0) is 60.3 Å². The van der Waals surface area contributed by atoms with Crippen LogP contribution in [0.25, 0.3) is 22.5 Å². The van der Waals surface area contributed by atoms with Crippen LogP contribution in [0.3, 0.4) is 0 Å². The van der Waals surface area contributed by atoms with Crippen LogP contribution in [0.2, 0.25) is 0 Å². The van der Waals surface area contributed by atoms with Crippen molar-refractivity contribution in [2.24, 2.45) is 17.8 Å². The molecule has 4 aromatic rings. The molecular formula is C31H41N7O. The number of aromatic amines is 1. The van der Waals surface area contributed by atoms with Gasteiger partial charge in [0.25, 0.3) is 0 Å². The number of rotatable bonds is 10. The molecule has 8 nitrogen and oxygen atoms in total. The number of imidazole rings is 1. The summed E-state index contributed by atoms with van der Waals surface area (Å²) in [5, 5.41) is 14.5. The van der Waals surface area contributed by atoms with Crippen molar-refractivity contribution in [2.75, 3.05) is 0 Å². The van der Waals surface area contributed by atoms with Crippen LogP contribution in [-0.2, 0) is 13.0 Å². The van der Waals surface area contributed by atoms with Crippen molar-refractivity contribution in [1.82, 2.24) is 34.7 Å². The first-order chi connectivity index (χ1) is 19.0. The Morgan fingerprint density at radius 1 is 1.08 bits per heavy atom. The highest BCUT2D eigenvalue weighted by molar-refractivity contribution is 5.79. The number of unbranched alkanes of at least 4 members (excludes halogenated alkanes) is 1. The van der Waals surface area contributed by atoms with Crippen molar-refractivity contribution in [2.45, 2.75) is 85.2 Å². The van der Waals surface area contributed by atoms with Gasteiger partial charge in [-0.25, -0.2) is 4.79 Å². The standard InChI is InChI=1S/C31H41N7O/c1-5-7-12-25-20-38(29-22(6-2)11-10-15-26(29)21(3)4)31(39)37(25)19-24-17-16-23(18-32-24)27-13-8-9-14-28(27)30-33-35-36-34-30/h8-9,13-14,16-18,20-22,26,29H,5-7,10-12,15,19H2,1-4H3,(H,33,34,35,36). The van der Waals surface area contributed by atoms with Crippen LogP contribution in [0.1, 0.15) is 83.6 Å². The summed E-state index contributed by atoms with van der Waals surface area (Å²) in [4.78, 5) is 18.8. The zero-order valence-electron chi connectivity index (χ0n) is 23.7. The summed E-state index contributed by atoms with van der Waals surface area (Å²) in [6.45, 7) is 9.60. The van der Waals surface area contributed by atoms with E-state index in [2.05, 4.69) is 65.1 Å². The lowest BCUT2D eigenvalue weighted by Crippen LogP contribution is -2.39. The Balaban J connectivity index is 1.47. The van der Waals surface area contributed by atoms with Crippen molar-refractivity contribution < 1.29 is 0 Å². The second kappa shape index (κ2) is 12.1. The van der Waals surface area contributed by atoms with Crippen LogP contribution in [0, 0.1) is 17.8 Å². The van der Waals surface area contributed by atoms with Gasteiger partial charge in [-0.15, -0.1) is 10.2 Å². The van der Waals surface area contributed by atoms with E-state index in [4.69, 9.17) is 4.98 Å². The fourth-order valence-electron chi connectivity index (χ4n) is 6.45. The third-order valence-corrected chi connectivity index (χ3v) is 8.58. The molecule has 1 aromatic carbocycles. The van der Waals surface area contributed by atoms with Crippen LogP contribution in [0.4, 0.5) is 0 Å². The molecule has 3 aromatic heterocycles. The van der Waals surface area contributed by atoms with Crippen LogP contribution >= 0.6 is 0 Å². The molecule has 1 aliphatic carbocycles. The van der Waals surface area contributed by atoms with E-state index in [9.17, 15) is 4.79 Å². The smallest absolute Gasteiger partial charge is 0.295 e. The van der Waals surface area contributed by atoms with Gasteiger partial charge >= 0.3 is 5.69 Å². The molecule has 0 saturated heterocycles. The van der Waals surface area contributed by atoms with Crippen molar-refractivity contribution in [1.29, 1.82) is 0 Å². The van der Waals surface area contributed by atoms with Crippen molar-refractivity contribution >= 4 is 0 Å². The first kappa shape index (κ1) is 27.0. The predicted octanol–water partition coefficient (Wildman–Crippen LogP) is 6.31. The average molecular weight is 528 g/mol. The maximum atomic E-state index is 14.0. The summed E-state index contributed by atoms with van der Waals surface area (Å²) in [6.07, 6.45) is 11.9. The van der Waals surface area contributed by atoms with E-state index in [1.54, 1.807) is 0 Å². The zero-order chi connectivity index (χ0) is 27.4. The molecule has 3 atom stereocenters. The second-order valence-electron chi connectivity index (χ2n) is 11.3. The van der Waals surface area contributed by atoms with E-state index < -0.39 is 0 Å². The third kappa shape index (κ3) is 5.60. The fraction of sp³-hybridized carbons (Fsp3) is 0.516. The number of hydrogen-bond acceptors (Lipinski definition) is 5. The summed E-state index contributed by atoms with van der Waals surface area (Å²) < 4.78 is 4.09. The molecule has 0 bridgehead atoms. The molecule has 1 fully saturated rings. The Hall–Kier alpha value is -3.55. The SMILES string of the molecule is CCCCc1cn(C2C(CC)CCCC2C(C)C)c(=O)n1Cc1ccc(-c2ccccc2-c2nn[nH]n2)cn1. The number of nitrogens with one attached hydrogen (secondary N) is 1. The maximum Gasteiger partial charge on any atom is 0.328 e. The monoisotopic (exact) mass is 527 g/mol. The van der Waals surface area contributed by atoms with Gasteiger partial charge in [0.15, 0.2) is 0 Å². The van der Waals surface area contributed by atoms with Crippen molar-refractivity contribution in [3.63, 3.8) is 0 Å².